The first-order valence-electron chi connectivity index (χ1n) is 7.23. The average molecular weight is 377 g/mol. The number of nitrogens with one attached hydrogen (secondary N) is 1. The largest absolute Gasteiger partial charge is 0.376 e. The van der Waals surface area contributed by atoms with Gasteiger partial charge in [-0.25, -0.2) is 13.6 Å². The number of halogens is 1. The summed E-state index contributed by atoms with van der Waals surface area (Å²) in [7, 11) is -3.76. The highest BCUT2D eigenvalue weighted by Crippen LogP contribution is 2.27. The number of fused-ring (bicyclic) bond motifs is 1. The number of hydrogen-bond acceptors (Lipinski definition) is 5. The van der Waals surface area contributed by atoms with Crippen LogP contribution in [0.3, 0.4) is 0 Å². The summed E-state index contributed by atoms with van der Waals surface area (Å²) in [5.74, 6) is -0.773. The van der Waals surface area contributed by atoms with Crippen molar-refractivity contribution in [2.75, 3.05) is 0 Å². The molecule has 0 heterocycles. The summed E-state index contributed by atoms with van der Waals surface area (Å²) in [6.45, 7) is 0.192. The number of benzene rings is 2. The van der Waals surface area contributed by atoms with Crippen LogP contribution in [0.2, 0.25) is 0 Å². The van der Waals surface area contributed by atoms with Gasteiger partial charge in [0.1, 0.15) is 10.7 Å². The van der Waals surface area contributed by atoms with Crippen molar-refractivity contribution in [1.82, 2.24) is 5.32 Å². The van der Waals surface area contributed by atoms with Gasteiger partial charge in [0.2, 0.25) is 21.6 Å². The zero-order valence-corrected chi connectivity index (χ0v) is 14.4. The van der Waals surface area contributed by atoms with E-state index in [-0.39, 0.29) is 33.5 Å². The molecule has 0 bridgehead atoms. The van der Waals surface area contributed by atoms with Crippen molar-refractivity contribution in [3.05, 3.63) is 76.0 Å². The smallest absolute Gasteiger partial charge is 0.238 e. The SMILES string of the molecule is NS(=O)(=O)c1ccc(CNC2=C(Cl)C(=O)c3ccccc3C2=O)cc1. The van der Waals surface area contributed by atoms with Crippen LogP contribution in [0.25, 0.3) is 0 Å². The molecular weight excluding hydrogens is 364 g/mol. The summed E-state index contributed by atoms with van der Waals surface area (Å²) >= 11 is 6.06. The Labute approximate surface area is 149 Å². The van der Waals surface area contributed by atoms with E-state index in [2.05, 4.69) is 5.32 Å². The first kappa shape index (κ1) is 17.3. The Morgan fingerprint density at radius 2 is 1.48 bits per heavy atom. The van der Waals surface area contributed by atoms with E-state index in [4.69, 9.17) is 16.7 Å². The van der Waals surface area contributed by atoms with E-state index in [1.54, 1.807) is 36.4 Å². The molecule has 0 spiro atoms. The van der Waals surface area contributed by atoms with Gasteiger partial charge < -0.3 is 5.32 Å². The third-order valence-electron chi connectivity index (χ3n) is 3.78. The van der Waals surface area contributed by atoms with Gasteiger partial charge in [0.15, 0.2) is 0 Å². The van der Waals surface area contributed by atoms with Gasteiger partial charge in [-0.2, -0.15) is 0 Å². The highest BCUT2D eigenvalue weighted by Gasteiger charge is 2.30. The fourth-order valence-electron chi connectivity index (χ4n) is 2.49. The number of primary sulfonamides is 1. The number of Topliss-reactive ketones (excluding diaryl/α,β-unsaturated/α-hetero) is 2. The van der Waals surface area contributed by atoms with E-state index in [1.165, 1.54) is 12.1 Å². The van der Waals surface area contributed by atoms with Crippen molar-refractivity contribution >= 4 is 33.2 Å². The minimum absolute atomic E-state index is 0.00801. The fourth-order valence-corrected chi connectivity index (χ4v) is 3.26. The Hall–Kier alpha value is -2.48. The fraction of sp³-hybridized carbons (Fsp3) is 0.0588. The molecule has 2 aromatic carbocycles. The van der Waals surface area contributed by atoms with Gasteiger partial charge in [-0.3, -0.25) is 9.59 Å². The van der Waals surface area contributed by atoms with E-state index in [0.717, 1.165) is 0 Å². The molecule has 8 heteroatoms. The number of allylic oxidation sites excluding steroid dienone is 2. The lowest BCUT2D eigenvalue weighted by molar-refractivity contribution is 0.0974. The van der Waals surface area contributed by atoms with Crippen LogP contribution in [0.15, 0.2) is 64.2 Å². The van der Waals surface area contributed by atoms with Crippen LogP contribution in [0.1, 0.15) is 26.3 Å². The number of ketones is 2. The highest BCUT2D eigenvalue weighted by atomic mass is 35.5. The van der Waals surface area contributed by atoms with Crippen molar-refractivity contribution in [3.63, 3.8) is 0 Å². The van der Waals surface area contributed by atoms with Crippen LogP contribution in [-0.2, 0) is 16.6 Å². The zero-order chi connectivity index (χ0) is 18.2. The first-order valence-corrected chi connectivity index (χ1v) is 9.15. The predicted octanol–water partition coefficient (Wildman–Crippen LogP) is 1.95. The third-order valence-corrected chi connectivity index (χ3v) is 5.07. The molecule has 1 aliphatic carbocycles. The Balaban J connectivity index is 1.83. The van der Waals surface area contributed by atoms with Crippen LogP contribution < -0.4 is 10.5 Å². The second kappa shape index (κ2) is 6.44. The maximum absolute atomic E-state index is 12.5. The highest BCUT2D eigenvalue weighted by molar-refractivity contribution is 7.89. The molecule has 6 nitrogen and oxygen atoms in total. The molecule has 128 valence electrons. The molecule has 0 amide bonds. The quantitative estimate of drug-likeness (QED) is 0.848. The molecule has 0 fully saturated rings. The summed E-state index contributed by atoms with van der Waals surface area (Å²) < 4.78 is 22.5. The van der Waals surface area contributed by atoms with Crippen LogP contribution in [0, 0.1) is 0 Å². The lowest BCUT2D eigenvalue weighted by atomic mass is 9.92. The van der Waals surface area contributed by atoms with Gasteiger partial charge in [0, 0.05) is 17.7 Å². The number of nitrogens with two attached hydrogens (primary N) is 1. The molecule has 0 atom stereocenters. The lowest BCUT2D eigenvalue weighted by Gasteiger charge is -2.19. The monoisotopic (exact) mass is 376 g/mol. The maximum Gasteiger partial charge on any atom is 0.238 e. The minimum Gasteiger partial charge on any atom is -0.376 e. The third kappa shape index (κ3) is 3.34. The van der Waals surface area contributed by atoms with Crippen molar-refractivity contribution < 1.29 is 18.0 Å². The summed E-state index contributed by atoms with van der Waals surface area (Å²) in [5.41, 5.74) is 1.30. The van der Waals surface area contributed by atoms with Crippen LogP contribution in [-0.4, -0.2) is 20.0 Å². The Morgan fingerprint density at radius 3 is 2.04 bits per heavy atom. The number of hydrogen-bond donors (Lipinski definition) is 2. The molecule has 0 saturated carbocycles. The van der Waals surface area contributed by atoms with E-state index in [0.29, 0.717) is 11.1 Å². The maximum atomic E-state index is 12.5. The normalized spacial score (nSPS) is 14.5. The molecule has 0 aromatic heterocycles. The van der Waals surface area contributed by atoms with Crippen LogP contribution >= 0.6 is 11.6 Å². The molecule has 0 radical (unpaired) electrons. The van der Waals surface area contributed by atoms with Crippen LogP contribution in [0.5, 0.6) is 0 Å². The van der Waals surface area contributed by atoms with Gasteiger partial charge in [0.05, 0.1) is 4.90 Å². The lowest BCUT2D eigenvalue weighted by Crippen LogP contribution is -2.28. The molecular formula is C17H13ClN2O4S. The van der Waals surface area contributed by atoms with Crippen molar-refractivity contribution in [3.8, 4) is 0 Å². The summed E-state index contributed by atoms with van der Waals surface area (Å²) in [4.78, 5) is 24.8. The standard InChI is InChI=1S/C17H13ClN2O4S/c18-14-15(17(22)13-4-2-1-3-12(13)16(14)21)20-9-10-5-7-11(8-6-10)25(19,23)24/h1-8,20H,9H2,(H2,19,23,24). The molecule has 1 aliphatic rings. The second-order valence-corrected chi connectivity index (χ2v) is 7.37. The molecule has 0 saturated heterocycles. The van der Waals surface area contributed by atoms with Gasteiger partial charge in [-0.1, -0.05) is 48.0 Å². The number of carbonyl (C=O) groups excluding carboxylic acids is 2. The van der Waals surface area contributed by atoms with E-state index in [1.807, 2.05) is 0 Å². The molecule has 3 N–H and O–H groups in total. The summed E-state index contributed by atoms with van der Waals surface area (Å²) in [6, 6.07) is 12.3. The van der Waals surface area contributed by atoms with Gasteiger partial charge in [0.25, 0.3) is 0 Å². The number of sulfonamides is 1. The molecule has 3 rings (SSSR count). The van der Waals surface area contributed by atoms with Crippen molar-refractivity contribution in [2.24, 2.45) is 5.14 Å². The van der Waals surface area contributed by atoms with E-state index >= 15 is 0 Å². The predicted molar refractivity (Wildman–Crippen MR) is 92.6 cm³/mol. The van der Waals surface area contributed by atoms with Crippen molar-refractivity contribution in [1.29, 1.82) is 0 Å². The van der Waals surface area contributed by atoms with Crippen molar-refractivity contribution in [2.45, 2.75) is 11.4 Å². The summed E-state index contributed by atoms with van der Waals surface area (Å²) in [5, 5.41) is 7.75. The molecule has 25 heavy (non-hydrogen) atoms. The minimum atomic E-state index is -3.76. The Bertz CT molecular complexity index is 1010. The van der Waals surface area contributed by atoms with E-state index in [9.17, 15) is 18.0 Å². The Kier molecular flexibility index (Phi) is 4.47. The molecule has 2 aromatic rings. The first-order chi connectivity index (χ1) is 11.8. The van der Waals surface area contributed by atoms with Crippen LogP contribution in [0.4, 0.5) is 0 Å². The van der Waals surface area contributed by atoms with Gasteiger partial charge in [-0.15, -0.1) is 0 Å². The summed E-state index contributed by atoms with van der Waals surface area (Å²) in [6.07, 6.45) is 0. The van der Waals surface area contributed by atoms with Gasteiger partial charge in [-0.05, 0) is 17.7 Å². The average Bonchev–Trinajstić information content (AvgIpc) is 2.59. The Morgan fingerprint density at radius 1 is 0.920 bits per heavy atom. The zero-order valence-electron chi connectivity index (χ0n) is 12.8. The second-order valence-electron chi connectivity index (χ2n) is 5.44. The van der Waals surface area contributed by atoms with Gasteiger partial charge >= 0.3 is 0 Å². The number of carbonyl (C=O) groups is 2. The molecule has 0 aliphatic heterocycles. The van der Waals surface area contributed by atoms with E-state index < -0.39 is 15.8 Å². The topological polar surface area (TPSA) is 106 Å². The molecule has 0 unspecified atom stereocenters. The number of rotatable bonds is 4.